The standard InChI is InChI=1S/C34H37N5O5S/c1-21-18-39(19-22(2)44-21)32-6-4-5-28(38-32)29-8-7-23-16-35-25(15-30(23)37-29)17-36-33(40)24-13-27(34(3)9-10-34)26-20-43-11-12-45(41,42)31(26)14-24/h4-8,13-16,21-22H,9-12,17-20H2,1-3H3,(H,36,40)/t21-,22+. The number of ether oxygens (including phenoxy) is 2. The van der Waals surface area contributed by atoms with Gasteiger partial charge in [-0.1, -0.05) is 13.0 Å². The highest BCUT2D eigenvalue weighted by atomic mass is 32.2. The number of carbonyl (C=O) groups is 1. The van der Waals surface area contributed by atoms with E-state index < -0.39 is 9.84 Å². The van der Waals surface area contributed by atoms with Crippen molar-refractivity contribution in [3.8, 4) is 11.4 Å². The number of nitrogens with zero attached hydrogens (tertiary/aromatic N) is 4. The van der Waals surface area contributed by atoms with Gasteiger partial charge in [0.05, 0.1) is 65.2 Å². The van der Waals surface area contributed by atoms with Crippen LogP contribution in [0.3, 0.4) is 0 Å². The molecular weight excluding hydrogens is 590 g/mol. The molecule has 1 saturated carbocycles. The van der Waals surface area contributed by atoms with Crippen LogP contribution in [0.2, 0.25) is 0 Å². The Kier molecular flexibility index (Phi) is 7.58. The molecule has 1 saturated heterocycles. The highest BCUT2D eigenvalue weighted by Gasteiger charge is 2.43. The molecule has 0 radical (unpaired) electrons. The Hall–Kier alpha value is -3.93. The molecule has 234 valence electrons. The predicted molar refractivity (Wildman–Crippen MR) is 171 cm³/mol. The first-order chi connectivity index (χ1) is 21.6. The fraction of sp³-hybridized carbons (Fsp3) is 0.412. The van der Waals surface area contributed by atoms with Gasteiger partial charge in [-0.15, -0.1) is 0 Å². The Morgan fingerprint density at radius 1 is 1.04 bits per heavy atom. The van der Waals surface area contributed by atoms with Gasteiger partial charge in [-0.05, 0) is 80.1 Å². The SMILES string of the molecule is C[C@@H]1CN(c2cccc(-c3ccc4cnc(CNC(=O)c5cc(C6(C)CC6)c6c(c5)S(=O)(=O)CCOC6)cc4n3)n2)C[C@H](C)O1. The summed E-state index contributed by atoms with van der Waals surface area (Å²) in [6, 6.07) is 15.1. The third-order valence-corrected chi connectivity index (χ3v) is 10.7. The quantitative estimate of drug-likeness (QED) is 0.327. The van der Waals surface area contributed by atoms with Crippen molar-refractivity contribution in [2.24, 2.45) is 0 Å². The summed E-state index contributed by atoms with van der Waals surface area (Å²) in [7, 11) is -3.56. The first-order valence-corrected chi connectivity index (χ1v) is 17.1. The Labute approximate surface area is 263 Å². The first kappa shape index (κ1) is 29.8. The normalized spacial score (nSPS) is 22.0. The summed E-state index contributed by atoms with van der Waals surface area (Å²) in [5.74, 6) is 0.453. The first-order valence-electron chi connectivity index (χ1n) is 15.5. The van der Waals surface area contributed by atoms with Gasteiger partial charge in [0.25, 0.3) is 5.91 Å². The van der Waals surface area contributed by atoms with Gasteiger partial charge in [0.1, 0.15) is 5.82 Å². The lowest BCUT2D eigenvalue weighted by Crippen LogP contribution is -2.45. The number of pyridine rings is 3. The van der Waals surface area contributed by atoms with Crippen molar-refractivity contribution in [1.82, 2.24) is 20.3 Å². The summed E-state index contributed by atoms with van der Waals surface area (Å²) in [4.78, 5) is 30.2. The van der Waals surface area contributed by atoms with Gasteiger partial charge in [0.2, 0.25) is 0 Å². The largest absolute Gasteiger partial charge is 0.376 e. The van der Waals surface area contributed by atoms with E-state index in [1.807, 2.05) is 42.5 Å². The maximum absolute atomic E-state index is 13.4. The number of amides is 1. The van der Waals surface area contributed by atoms with Crippen LogP contribution < -0.4 is 10.2 Å². The Balaban J connectivity index is 1.12. The minimum absolute atomic E-state index is 0.0946. The van der Waals surface area contributed by atoms with Crippen LogP contribution in [0.1, 0.15) is 60.8 Å². The molecule has 1 aliphatic carbocycles. The zero-order valence-corrected chi connectivity index (χ0v) is 26.6. The number of benzene rings is 1. The summed E-state index contributed by atoms with van der Waals surface area (Å²) in [6.45, 7) is 8.37. The number of fused-ring (bicyclic) bond motifs is 2. The number of hydrogen-bond donors (Lipinski definition) is 1. The number of aromatic nitrogens is 3. The molecule has 11 heteroatoms. The second-order valence-corrected chi connectivity index (χ2v) is 14.8. The number of sulfone groups is 1. The molecule has 1 amide bonds. The molecule has 7 rings (SSSR count). The van der Waals surface area contributed by atoms with Crippen molar-refractivity contribution >= 4 is 32.5 Å². The monoisotopic (exact) mass is 627 g/mol. The number of hydrogen-bond acceptors (Lipinski definition) is 9. The molecule has 0 spiro atoms. The fourth-order valence-corrected chi connectivity index (χ4v) is 7.74. The van der Waals surface area contributed by atoms with Crippen LogP contribution in [0.15, 0.2) is 59.6 Å². The van der Waals surface area contributed by atoms with Crippen LogP contribution in [-0.4, -0.2) is 66.9 Å². The molecule has 45 heavy (non-hydrogen) atoms. The molecule has 3 aliphatic rings. The molecule has 1 aromatic carbocycles. The van der Waals surface area contributed by atoms with E-state index in [9.17, 15) is 13.2 Å². The molecule has 0 unspecified atom stereocenters. The third kappa shape index (κ3) is 6.04. The molecule has 10 nitrogen and oxygen atoms in total. The van der Waals surface area contributed by atoms with Crippen LogP contribution in [0.25, 0.3) is 22.3 Å². The second-order valence-electron chi connectivity index (χ2n) is 12.7. The zero-order chi connectivity index (χ0) is 31.3. The average Bonchev–Trinajstić information content (AvgIpc) is 3.80. The number of rotatable bonds is 6. The molecule has 2 fully saturated rings. The van der Waals surface area contributed by atoms with E-state index in [1.54, 1.807) is 6.20 Å². The molecule has 3 aromatic heterocycles. The van der Waals surface area contributed by atoms with Crippen LogP contribution >= 0.6 is 0 Å². The lowest BCUT2D eigenvalue weighted by molar-refractivity contribution is -0.00545. The number of nitrogens with one attached hydrogen (secondary N) is 1. The lowest BCUT2D eigenvalue weighted by atomic mass is 9.91. The Morgan fingerprint density at radius 3 is 2.60 bits per heavy atom. The number of carbonyl (C=O) groups excluding carboxylic acids is 1. The van der Waals surface area contributed by atoms with Crippen molar-refractivity contribution in [3.63, 3.8) is 0 Å². The summed E-state index contributed by atoms with van der Waals surface area (Å²) < 4.78 is 37.7. The fourth-order valence-electron chi connectivity index (χ4n) is 6.33. The van der Waals surface area contributed by atoms with E-state index in [0.29, 0.717) is 16.8 Å². The van der Waals surface area contributed by atoms with Crippen LogP contribution in [0.4, 0.5) is 5.82 Å². The maximum Gasteiger partial charge on any atom is 0.251 e. The van der Waals surface area contributed by atoms with Gasteiger partial charge >= 0.3 is 0 Å². The number of morpholine rings is 1. The van der Waals surface area contributed by atoms with E-state index in [1.165, 1.54) is 6.07 Å². The van der Waals surface area contributed by atoms with Gasteiger partial charge in [0.15, 0.2) is 9.84 Å². The summed E-state index contributed by atoms with van der Waals surface area (Å²) in [6.07, 6.45) is 3.91. The van der Waals surface area contributed by atoms with Gasteiger partial charge in [-0.25, -0.2) is 18.4 Å². The smallest absolute Gasteiger partial charge is 0.251 e. The van der Waals surface area contributed by atoms with Crippen molar-refractivity contribution in [1.29, 1.82) is 0 Å². The minimum Gasteiger partial charge on any atom is -0.376 e. The predicted octanol–water partition coefficient (Wildman–Crippen LogP) is 4.59. The van der Waals surface area contributed by atoms with Crippen molar-refractivity contribution in [2.75, 3.05) is 30.3 Å². The van der Waals surface area contributed by atoms with Crippen molar-refractivity contribution in [2.45, 2.75) is 69.3 Å². The van der Waals surface area contributed by atoms with E-state index in [4.69, 9.17) is 19.4 Å². The molecular formula is C34H37N5O5S. The summed E-state index contributed by atoms with van der Waals surface area (Å²) >= 11 is 0. The van der Waals surface area contributed by atoms with Crippen LogP contribution in [-0.2, 0) is 37.9 Å². The molecule has 0 bridgehead atoms. The Morgan fingerprint density at radius 2 is 1.82 bits per heavy atom. The van der Waals surface area contributed by atoms with Gasteiger partial charge in [-0.2, -0.15) is 0 Å². The van der Waals surface area contributed by atoms with Crippen LogP contribution in [0.5, 0.6) is 0 Å². The maximum atomic E-state index is 13.4. The van der Waals surface area contributed by atoms with Crippen LogP contribution in [0, 0.1) is 0 Å². The lowest BCUT2D eigenvalue weighted by Gasteiger charge is -2.36. The van der Waals surface area contributed by atoms with Crippen molar-refractivity contribution < 1.29 is 22.7 Å². The molecule has 4 aromatic rings. The summed E-state index contributed by atoms with van der Waals surface area (Å²) in [5.41, 5.74) is 4.69. The molecule has 2 aliphatic heterocycles. The topological polar surface area (TPSA) is 124 Å². The van der Waals surface area contributed by atoms with E-state index in [2.05, 4.69) is 36.0 Å². The molecule has 1 N–H and O–H groups in total. The zero-order valence-electron chi connectivity index (χ0n) is 25.7. The molecule has 2 atom stereocenters. The average molecular weight is 628 g/mol. The minimum atomic E-state index is -3.56. The molecule has 5 heterocycles. The highest BCUT2D eigenvalue weighted by molar-refractivity contribution is 7.91. The highest BCUT2D eigenvalue weighted by Crippen LogP contribution is 2.50. The van der Waals surface area contributed by atoms with Crippen molar-refractivity contribution in [3.05, 3.63) is 77.1 Å². The van der Waals surface area contributed by atoms with Gasteiger partial charge in [0, 0.05) is 35.8 Å². The van der Waals surface area contributed by atoms with E-state index in [-0.39, 0.29) is 53.9 Å². The third-order valence-electron chi connectivity index (χ3n) is 9.00. The Bertz CT molecular complexity index is 1900. The van der Waals surface area contributed by atoms with E-state index >= 15 is 0 Å². The summed E-state index contributed by atoms with van der Waals surface area (Å²) in [5, 5.41) is 3.82. The number of anilines is 1. The van der Waals surface area contributed by atoms with Gasteiger partial charge in [-0.3, -0.25) is 9.78 Å². The second kappa shape index (κ2) is 11.5. The van der Waals surface area contributed by atoms with Gasteiger partial charge < -0.3 is 19.7 Å². The van der Waals surface area contributed by atoms with E-state index in [0.717, 1.165) is 59.6 Å².